The van der Waals surface area contributed by atoms with Gasteiger partial charge in [0.25, 0.3) is 5.91 Å². The Hall–Kier alpha value is -3.08. The van der Waals surface area contributed by atoms with Gasteiger partial charge >= 0.3 is 0 Å². The Labute approximate surface area is 134 Å². The largest absolute Gasteiger partial charge is 0.496 e. The van der Waals surface area contributed by atoms with Crippen LogP contribution in [0.15, 0.2) is 60.9 Å². The topological polar surface area (TPSA) is 56.1 Å². The molecule has 0 bridgehead atoms. The molecule has 1 N–H and O–H groups in total. The van der Waals surface area contributed by atoms with Gasteiger partial charge in [-0.25, -0.2) is 0 Å². The van der Waals surface area contributed by atoms with Crippen LogP contribution >= 0.6 is 0 Å². The lowest BCUT2D eigenvalue weighted by atomic mass is 10.0. The number of benzene rings is 2. The smallest absolute Gasteiger partial charge is 0.255 e. The van der Waals surface area contributed by atoms with Crippen LogP contribution in [0.3, 0.4) is 0 Å². The highest BCUT2D eigenvalue weighted by Gasteiger charge is 2.12. The standard InChI is InChI=1S/C18H17N3O2/c1-21-12-15(11-19-21)20-18(22)14-8-9-17(23-2)16(10-14)13-6-4-3-5-7-13/h3-12H,1-2H3,(H,20,22). The average Bonchev–Trinajstić information content (AvgIpc) is 3.00. The minimum atomic E-state index is -0.183. The van der Waals surface area contributed by atoms with E-state index < -0.39 is 0 Å². The van der Waals surface area contributed by atoms with Gasteiger partial charge in [-0.3, -0.25) is 9.48 Å². The molecular formula is C18H17N3O2. The van der Waals surface area contributed by atoms with Crippen LogP contribution in [0.1, 0.15) is 10.4 Å². The van der Waals surface area contributed by atoms with Crippen LogP contribution in [-0.2, 0) is 7.05 Å². The summed E-state index contributed by atoms with van der Waals surface area (Å²) < 4.78 is 7.05. The summed E-state index contributed by atoms with van der Waals surface area (Å²) in [6, 6.07) is 15.2. The number of methoxy groups -OCH3 is 1. The van der Waals surface area contributed by atoms with Crippen molar-refractivity contribution in [2.45, 2.75) is 0 Å². The summed E-state index contributed by atoms with van der Waals surface area (Å²) in [5.74, 6) is 0.548. The molecule has 3 rings (SSSR count). The number of anilines is 1. The molecule has 0 aliphatic carbocycles. The first-order chi connectivity index (χ1) is 11.2. The molecule has 1 aromatic heterocycles. The minimum absolute atomic E-state index is 0.183. The van der Waals surface area contributed by atoms with Gasteiger partial charge in [0.2, 0.25) is 0 Å². The lowest BCUT2D eigenvalue weighted by Crippen LogP contribution is -2.11. The van der Waals surface area contributed by atoms with Crippen molar-refractivity contribution in [1.82, 2.24) is 9.78 Å². The van der Waals surface area contributed by atoms with Crippen molar-refractivity contribution in [1.29, 1.82) is 0 Å². The Morgan fingerprint density at radius 1 is 1.17 bits per heavy atom. The van der Waals surface area contributed by atoms with Crippen LogP contribution in [0, 0.1) is 0 Å². The van der Waals surface area contributed by atoms with E-state index in [1.54, 1.807) is 43.4 Å². The van der Waals surface area contributed by atoms with Crippen molar-refractivity contribution in [2.24, 2.45) is 7.05 Å². The number of nitrogens with one attached hydrogen (secondary N) is 1. The quantitative estimate of drug-likeness (QED) is 0.804. The van der Waals surface area contributed by atoms with Crippen LogP contribution in [0.2, 0.25) is 0 Å². The number of nitrogens with zero attached hydrogens (tertiary/aromatic N) is 2. The van der Waals surface area contributed by atoms with Crippen molar-refractivity contribution in [3.05, 3.63) is 66.5 Å². The molecule has 116 valence electrons. The van der Waals surface area contributed by atoms with E-state index >= 15 is 0 Å². The van der Waals surface area contributed by atoms with Crippen molar-refractivity contribution in [3.63, 3.8) is 0 Å². The fraction of sp³-hybridized carbons (Fsp3) is 0.111. The summed E-state index contributed by atoms with van der Waals surface area (Å²) in [6.07, 6.45) is 3.36. The predicted octanol–water partition coefficient (Wildman–Crippen LogP) is 3.35. The summed E-state index contributed by atoms with van der Waals surface area (Å²) in [6.45, 7) is 0. The highest BCUT2D eigenvalue weighted by molar-refractivity contribution is 6.05. The van der Waals surface area contributed by atoms with Crippen LogP contribution in [0.5, 0.6) is 5.75 Å². The Balaban J connectivity index is 1.93. The first kappa shape index (κ1) is 14.8. The second kappa shape index (κ2) is 6.36. The number of ether oxygens (including phenoxy) is 1. The zero-order chi connectivity index (χ0) is 16.2. The molecule has 2 aromatic carbocycles. The fourth-order valence-electron chi connectivity index (χ4n) is 2.38. The van der Waals surface area contributed by atoms with Crippen molar-refractivity contribution < 1.29 is 9.53 Å². The van der Waals surface area contributed by atoms with Gasteiger partial charge in [0.1, 0.15) is 5.75 Å². The second-order valence-electron chi connectivity index (χ2n) is 5.14. The molecule has 1 heterocycles. The number of carbonyl (C=O) groups excluding carboxylic acids is 1. The van der Waals surface area contributed by atoms with Gasteiger partial charge in [-0.2, -0.15) is 5.10 Å². The third kappa shape index (κ3) is 3.23. The van der Waals surface area contributed by atoms with Crippen LogP contribution < -0.4 is 10.1 Å². The summed E-state index contributed by atoms with van der Waals surface area (Å²) in [5.41, 5.74) is 3.11. The van der Waals surface area contributed by atoms with Gasteiger partial charge in [0.05, 0.1) is 19.0 Å². The molecule has 0 saturated heterocycles. The van der Waals surface area contributed by atoms with Gasteiger partial charge in [-0.1, -0.05) is 30.3 Å². The Bertz CT molecular complexity index is 825. The molecule has 0 aliphatic heterocycles. The van der Waals surface area contributed by atoms with E-state index in [0.29, 0.717) is 11.3 Å². The number of aromatic nitrogens is 2. The van der Waals surface area contributed by atoms with Crippen molar-refractivity contribution in [3.8, 4) is 16.9 Å². The SMILES string of the molecule is COc1ccc(C(=O)Nc2cnn(C)c2)cc1-c1ccccc1. The molecule has 0 aliphatic rings. The zero-order valence-electron chi connectivity index (χ0n) is 13.0. The first-order valence-electron chi connectivity index (χ1n) is 7.21. The molecule has 0 spiro atoms. The molecule has 1 amide bonds. The number of hydrogen-bond donors (Lipinski definition) is 1. The summed E-state index contributed by atoms with van der Waals surface area (Å²) in [4.78, 5) is 12.4. The van der Waals surface area contributed by atoms with Gasteiger partial charge in [0.15, 0.2) is 0 Å². The predicted molar refractivity (Wildman–Crippen MR) is 89.6 cm³/mol. The van der Waals surface area contributed by atoms with Gasteiger partial charge in [0, 0.05) is 24.4 Å². The molecule has 5 nitrogen and oxygen atoms in total. The van der Waals surface area contributed by atoms with E-state index in [0.717, 1.165) is 16.9 Å². The molecule has 23 heavy (non-hydrogen) atoms. The van der Waals surface area contributed by atoms with E-state index in [1.807, 2.05) is 36.4 Å². The molecule has 0 unspecified atom stereocenters. The Morgan fingerprint density at radius 2 is 1.96 bits per heavy atom. The zero-order valence-corrected chi connectivity index (χ0v) is 13.0. The Kier molecular flexibility index (Phi) is 4.10. The van der Waals surface area contributed by atoms with Crippen molar-refractivity contribution >= 4 is 11.6 Å². The maximum atomic E-state index is 12.4. The first-order valence-corrected chi connectivity index (χ1v) is 7.21. The summed E-state index contributed by atoms with van der Waals surface area (Å²) >= 11 is 0. The molecule has 5 heteroatoms. The molecular weight excluding hydrogens is 290 g/mol. The normalized spacial score (nSPS) is 10.3. The van der Waals surface area contributed by atoms with Gasteiger partial charge in [-0.05, 0) is 23.8 Å². The molecule has 0 fully saturated rings. The molecule has 3 aromatic rings. The third-order valence-corrected chi connectivity index (χ3v) is 3.51. The second-order valence-corrected chi connectivity index (χ2v) is 5.14. The highest BCUT2D eigenvalue weighted by atomic mass is 16.5. The lowest BCUT2D eigenvalue weighted by molar-refractivity contribution is 0.102. The monoisotopic (exact) mass is 307 g/mol. The van der Waals surface area contributed by atoms with E-state index in [1.165, 1.54) is 0 Å². The third-order valence-electron chi connectivity index (χ3n) is 3.51. The minimum Gasteiger partial charge on any atom is -0.496 e. The van der Waals surface area contributed by atoms with Crippen LogP contribution in [0.4, 0.5) is 5.69 Å². The van der Waals surface area contributed by atoms with Crippen LogP contribution in [-0.4, -0.2) is 22.8 Å². The fourth-order valence-corrected chi connectivity index (χ4v) is 2.38. The lowest BCUT2D eigenvalue weighted by Gasteiger charge is -2.11. The van der Waals surface area contributed by atoms with Gasteiger partial charge in [-0.15, -0.1) is 0 Å². The van der Waals surface area contributed by atoms with E-state index in [4.69, 9.17) is 4.74 Å². The average molecular weight is 307 g/mol. The number of amides is 1. The highest BCUT2D eigenvalue weighted by Crippen LogP contribution is 2.31. The number of aryl methyl sites for hydroxylation is 1. The van der Waals surface area contributed by atoms with E-state index in [-0.39, 0.29) is 5.91 Å². The van der Waals surface area contributed by atoms with Crippen molar-refractivity contribution in [2.75, 3.05) is 12.4 Å². The Morgan fingerprint density at radius 3 is 2.61 bits per heavy atom. The molecule has 0 atom stereocenters. The summed E-state index contributed by atoms with van der Waals surface area (Å²) in [5, 5.41) is 6.87. The van der Waals surface area contributed by atoms with E-state index in [2.05, 4.69) is 10.4 Å². The number of rotatable bonds is 4. The maximum Gasteiger partial charge on any atom is 0.255 e. The maximum absolute atomic E-state index is 12.4. The molecule has 0 saturated carbocycles. The van der Waals surface area contributed by atoms with E-state index in [9.17, 15) is 4.79 Å². The summed E-state index contributed by atoms with van der Waals surface area (Å²) in [7, 11) is 3.42. The number of carbonyl (C=O) groups is 1. The number of hydrogen-bond acceptors (Lipinski definition) is 3. The molecule has 0 radical (unpaired) electrons. The van der Waals surface area contributed by atoms with Gasteiger partial charge < -0.3 is 10.1 Å². The van der Waals surface area contributed by atoms with Crippen LogP contribution in [0.25, 0.3) is 11.1 Å².